The van der Waals surface area contributed by atoms with Gasteiger partial charge in [-0.25, -0.2) is 9.78 Å². The van der Waals surface area contributed by atoms with Crippen molar-refractivity contribution in [3.63, 3.8) is 0 Å². The minimum Gasteiger partial charge on any atom is -0.383 e. The first-order valence-corrected chi connectivity index (χ1v) is 10.4. The number of nitrogens with zero attached hydrogens (tertiary/aromatic N) is 3. The summed E-state index contributed by atoms with van der Waals surface area (Å²) in [6.07, 6.45) is 1.00. The predicted octanol–water partition coefficient (Wildman–Crippen LogP) is 1.73. The van der Waals surface area contributed by atoms with E-state index in [1.807, 2.05) is 60.7 Å². The molecule has 0 unspecified atom stereocenters. The lowest BCUT2D eigenvalue weighted by molar-refractivity contribution is 0.187. The molecule has 0 saturated carbocycles. The van der Waals surface area contributed by atoms with Crippen LogP contribution < -0.4 is 16.8 Å². The van der Waals surface area contributed by atoms with E-state index in [1.54, 1.807) is 0 Å². The number of aromatic nitrogens is 4. The Morgan fingerprint density at radius 3 is 2.19 bits per heavy atom. The molecule has 0 atom stereocenters. The summed E-state index contributed by atoms with van der Waals surface area (Å²) in [4.78, 5) is 45.6. The standard InChI is InChI=1S/C24H24N4O4/c1-32-15-14-27-21-20(22(29)26-24(27)31)28(16-18-10-6-3-7-11-18)23(30)19(25-21)13-12-17-8-4-2-5-9-17/h2-11H,12-16H2,1H3,(H,26,29,31). The summed E-state index contributed by atoms with van der Waals surface area (Å²) in [5, 5.41) is 0. The first-order valence-electron chi connectivity index (χ1n) is 10.4. The smallest absolute Gasteiger partial charge is 0.330 e. The maximum atomic E-state index is 13.4. The minimum atomic E-state index is -0.631. The Morgan fingerprint density at radius 2 is 1.53 bits per heavy atom. The number of methoxy groups -OCH3 is 1. The maximum Gasteiger partial charge on any atom is 0.330 e. The van der Waals surface area contributed by atoms with Crippen LogP contribution in [0, 0.1) is 0 Å². The normalized spacial score (nSPS) is 11.2. The van der Waals surface area contributed by atoms with Crippen LogP contribution in [0.15, 0.2) is 75.0 Å². The van der Waals surface area contributed by atoms with Gasteiger partial charge in [-0.05, 0) is 24.0 Å². The van der Waals surface area contributed by atoms with Gasteiger partial charge in [0.2, 0.25) is 0 Å². The SMILES string of the molecule is COCCn1c(=O)[nH]c(=O)c2c1nc(CCc1ccccc1)c(=O)n2Cc1ccccc1. The predicted molar refractivity (Wildman–Crippen MR) is 122 cm³/mol. The van der Waals surface area contributed by atoms with Gasteiger partial charge in [0.25, 0.3) is 11.1 Å². The molecule has 0 fully saturated rings. The topological polar surface area (TPSA) is 99.0 Å². The Bertz CT molecular complexity index is 1390. The fraction of sp³-hybridized carbons (Fsp3) is 0.250. The van der Waals surface area contributed by atoms with Crippen molar-refractivity contribution in [1.29, 1.82) is 0 Å². The summed E-state index contributed by atoms with van der Waals surface area (Å²) >= 11 is 0. The van der Waals surface area contributed by atoms with Crippen LogP contribution >= 0.6 is 0 Å². The molecule has 0 spiro atoms. The van der Waals surface area contributed by atoms with Crippen LogP contribution in [0.2, 0.25) is 0 Å². The van der Waals surface area contributed by atoms with Gasteiger partial charge >= 0.3 is 5.69 Å². The summed E-state index contributed by atoms with van der Waals surface area (Å²) < 4.78 is 7.89. The zero-order chi connectivity index (χ0) is 22.5. The second-order valence-corrected chi connectivity index (χ2v) is 7.50. The Labute approximate surface area is 183 Å². The van der Waals surface area contributed by atoms with Crippen molar-refractivity contribution in [3.8, 4) is 0 Å². The lowest BCUT2D eigenvalue weighted by atomic mass is 10.1. The van der Waals surface area contributed by atoms with E-state index in [4.69, 9.17) is 4.74 Å². The van der Waals surface area contributed by atoms with Gasteiger partial charge in [0.15, 0.2) is 11.2 Å². The van der Waals surface area contributed by atoms with Gasteiger partial charge in [0, 0.05) is 7.11 Å². The third kappa shape index (κ3) is 4.45. The molecule has 1 N–H and O–H groups in total. The number of H-pyrrole nitrogens is 1. The maximum absolute atomic E-state index is 13.4. The van der Waals surface area contributed by atoms with E-state index in [1.165, 1.54) is 16.2 Å². The van der Waals surface area contributed by atoms with Crippen LogP contribution in [0.25, 0.3) is 11.2 Å². The zero-order valence-electron chi connectivity index (χ0n) is 17.8. The minimum absolute atomic E-state index is 0.0815. The Morgan fingerprint density at radius 1 is 0.875 bits per heavy atom. The van der Waals surface area contributed by atoms with Gasteiger partial charge < -0.3 is 4.74 Å². The van der Waals surface area contributed by atoms with Crippen molar-refractivity contribution >= 4 is 11.2 Å². The molecule has 0 aliphatic carbocycles. The third-order valence-electron chi connectivity index (χ3n) is 5.35. The molecule has 8 nitrogen and oxygen atoms in total. The molecule has 0 aliphatic heterocycles. The van der Waals surface area contributed by atoms with E-state index in [0.29, 0.717) is 18.5 Å². The fourth-order valence-electron chi connectivity index (χ4n) is 3.72. The molecular formula is C24H24N4O4. The molecule has 32 heavy (non-hydrogen) atoms. The number of fused-ring (bicyclic) bond motifs is 1. The molecule has 0 radical (unpaired) electrons. The lowest BCUT2D eigenvalue weighted by Crippen LogP contribution is -2.38. The second-order valence-electron chi connectivity index (χ2n) is 7.50. The summed E-state index contributed by atoms with van der Waals surface area (Å²) in [5.41, 5.74) is 0.983. The Hall–Kier alpha value is -3.78. The number of benzene rings is 2. The van der Waals surface area contributed by atoms with Crippen molar-refractivity contribution in [2.24, 2.45) is 0 Å². The molecule has 8 heteroatoms. The van der Waals surface area contributed by atoms with E-state index >= 15 is 0 Å². The monoisotopic (exact) mass is 432 g/mol. The highest BCUT2D eigenvalue weighted by atomic mass is 16.5. The highest BCUT2D eigenvalue weighted by Crippen LogP contribution is 2.10. The Balaban J connectivity index is 1.91. The highest BCUT2D eigenvalue weighted by molar-refractivity contribution is 5.69. The highest BCUT2D eigenvalue weighted by Gasteiger charge is 2.18. The van der Waals surface area contributed by atoms with Crippen LogP contribution in [0.4, 0.5) is 0 Å². The zero-order valence-corrected chi connectivity index (χ0v) is 17.8. The van der Waals surface area contributed by atoms with Crippen molar-refractivity contribution in [2.75, 3.05) is 13.7 Å². The van der Waals surface area contributed by atoms with Crippen molar-refractivity contribution in [3.05, 3.63) is 109 Å². The number of nitrogens with one attached hydrogen (secondary N) is 1. The quantitative estimate of drug-likeness (QED) is 0.457. The number of aryl methyl sites for hydroxylation is 2. The number of hydrogen-bond donors (Lipinski definition) is 1. The largest absolute Gasteiger partial charge is 0.383 e. The summed E-state index contributed by atoms with van der Waals surface area (Å²) in [6.45, 7) is 0.666. The van der Waals surface area contributed by atoms with E-state index < -0.39 is 11.2 Å². The first kappa shape index (κ1) is 21.5. The van der Waals surface area contributed by atoms with E-state index in [0.717, 1.165) is 11.1 Å². The number of rotatable bonds is 8. The number of hydrogen-bond acceptors (Lipinski definition) is 5. The van der Waals surface area contributed by atoms with Crippen LogP contribution in [-0.2, 0) is 30.7 Å². The van der Waals surface area contributed by atoms with Crippen LogP contribution in [0.5, 0.6) is 0 Å². The first-order chi connectivity index (χ1) is 15.6. The summed E-state index contributed by atoms with van der Waals surface area (Å²) in [7, 11) is 1.53. The van der Waals surface area contributed by atoms with Crippen molar-refractivity contribution in [2.45, 2.75) is 25.9 Å². The Kier molecular flexibility index (Phi) is 6.42. The van der Waals surface area contributed by atoms with Crippen molar-refractivity contribution < 1.29 is 4.74 Å². The van der Waals surface area contributed by atoms with Gasteiger partial charge in [-0.2, -0.15) is 0 Å². The fourth-order valence-corrected chi connectivity index (χ4v) is 3.72. The van der Waals surface area contributed by atoms with E-state index in [9.17, 15) is 14.4 Å². The van der Waals surface area contributed by atoms with Crippen LogP contribution in [0.1, 0.15) is 16.8 Å². The van der Waals surface area contributed by atoms with Gasteiger partial charge in [-0.3, -0.25) is 23.7 Å². The van der Waals surface area contributed by atoms with Gasteiger partial charge in [-0.15, -0.1) is 0 Å². The molecule has 2 aromatic carbocycles. The molecular weight excluding hydrogens is 408 g/mol. The van der Waals surface area contributed by atoms with E-state index in [-0.39, 0.29) is 36.4 Å². The molecule has 0 bridgehead atoms. The van der Waals surface area contributed by atoms with Gasteiger partial charge in [0.05, 0.1) is 19.7 Å². The van der Waals surface area contributed by atoms with Crippen LogP contribution in [-0.4, -0.2) is 32.8 Å². The molecule has 2 heterocycles. The molecule has 0 aliphatic rings. The third-order valence-corrected chi connectivity index (χ3v) is 5.35. The molecule has 0 amide bonds. The lowest BCUT2D eigenvalue weighted by Gasteiger charge is -2.15. The van der Waals surface area contributed by atoms with Gasteiger partial charge in [-0.1, -0.05) is 60.7 Å². The average Bonchev–Trinajstić information content (AvgIpc) is 2.81. The second kappa shape index (κ2) is 9.57. The molecule has 164 valence electrons. The molecule has 4 rings (SSSR count). The van der Waals surface area contributed by atoms with Crippen molar-refractivity contribution in [1.82, 2.24) is 19.1 Å². The molecule has 4 aromatic rings. The van der Waals surface area contributed by atoms with E-state index in [2.05, 4.69) is 9.97 Å². The van der Waals surface area contributed by atoms with Gasteiger partial charge in [0.1, 0.15) is 5.69 Å². The number of ether oxygens (including phenoxy) is 1. The van der Waals surface area contributed by atoms with Crippen LogP contribution in [0.3, 0.4) is 0 Å². The average molecular weight is 432 g/mol. The summed E-state index contributed by atoms with van der Waals surface area (Å²) in [6, 6.07) is 19.2. The molecule has 2 aromatic heterocycles. The molecule has 0 saturated heterocycles. The summed E-state index contributed by atoms with van der Waals surface area (Å²) in [5.74, 6) is 0. The number of aromatic amines is 1.